The van der Waals surface area contributed by atoms with Gasteiger partial charge in [0.2, 0.25) is 0 Å². The van der Waals surface area contributed by atoms with Gasteiger partial charge in [0.15, 0.2) is 0 Å². The first kappa shape index (κ1) is 11.3. The van der Waals surface area contributed by atoms with Crippen molar-refractivity contribution in [3.8, 4) is 0 Å². The van der Waals surface area contributed by atoms with Crippen LogP contribution in [0.4, 0.5) is 0 Å². The number of nitrogens with zero attached hydrogens (tertiary/aromatic N) is 1. The van der Waals surface area contributed by atoms with Crippen LogP contribution < -0.4 is 0 Å². The Bertz CT molecular complexity index is 277. The Morgan fingerprint density at radius 2 is 2.15 bits per heavy atom. The standard InChI is InChI=1S/C9H11NO3/c1-3-4-9(7-11)6-5-8(2)10(12)13/h4-7H,2-3H2,1H3/b6-5-,9-4+. The van der Waals surface area contributed by atoms with E-state index in [2.05, 4.69) is 6.58 Å². The second kappa shape index (κ2) is 5.88. The van der Waals surface area contributed by atoms with Crippen molar-refractivity contribution in [1.82, 2.24) is 0 Å². The predicted octanol–water partition coefficient (Wildman–Crippen LogP) is 1.87. The smallest absolute Gasteiger partial charge is 0.262 e. The van der Waals surface area contributed by atoms with E-state index in [0.29, 0.717) is 18.3 Å². The molecule has 4 nitrogen and oxygen atoms in total. The number of carbonyl (C=O) groups excluding carboxylic acids is 1. The fourth-order valence-electron chi connectivity index (χ4n) is 0.644. The van der Waals surface area contributed by atoms with Gasteiger partial charge in [-0.2, -0.15) is 0 Å². The van der Waals surface area contributed by atoms with Gasteiger partial charge in [0, 0.05) is 11.6 Å². The van der Waals surface area contributed by atoms with Gasteiger partial charge in [0.25, 0.3) is 5.70 Å². The van der Waals surface area contributed by atoms with Gasteiger partial charge in [0.05, 0.1) is 4.92 Å². The molecule has 0 saturated carbocycles. The summed E-state index contributed by atoms with van der Waals surface area (Å²) in [6.07, 6.45) is 5.62. The van der Waals surface area contributed by atoms with Crippen molar-refractivity contribution in [2.75, 3.05) is 0 Å². The highest BCUT2D eigenvalue weighted by Crippen LogP contribution is 1.99. The van der Waals surface area contributed by atoms with Crippen molar-refractivity contribution in [2.45, 2.75) is 13.3 Å². The third kappa shape index (κ3) is 4.68. The fourth-order valence-corrected chi connectivity index (χ4v) is 0.644. The van der Waals surface area contributed by atoms with Crippen molar-refractivity contribution >= 4 is 6.29 Å². The lowest BCUT2D eigenvalue weighted by atomic mass is 10.2. The molecule has 0 aliphatic rings. The van der Waals surface area contributed by atoms with Crippen LogP contribution in [0.1, 0.15) is 13.3 Å². The minimum absolute atomic E-state index is 0.233. The molecular formula is C9H11NO3. The second-order valence-corrected chi connectivity index (χ2v) is 2.31. The summed E-state index contributed by atoms with van der Waals surface area (Å²) in [6, 6.07) is 0. The Labute approximate surface area is 76.4 Å². The Hall–Kier alpha value is -1.71. The van der Waals surface area contributed by atoms with Crippen molar-refractivity contribution < 1.29 is 9.72 Å². The van der Waals surface area contributed by atoms with Gasteiger partial charge < -0.3 is 0 Å². The van der Waals surface area contributed by atoms with Crippen molar-refractivity contribution in [3.63, 3.8) is 0 Å². The van der Waals surface area contributed by atoms with Gasteiger partial charge in [-0.25, -0.2) is 0 Å². The first-order valence-electron chi connectivity index (χ1n) is 3.78. The topological polar surface area (TPSA) is 60.2 Å². The van der Waals surface area contributed by atoms with Gasteiger partial charge in [-0.15, -0.1) is 0 Å². The van der Waals surface area contributed by atoms with Crippen LogP contribution in [-0.2, 0) is 4.79 Å². The number of allylic oxidation sites excluding steroid dienone is 4. The van der Waals surface area contributed by atoms with Crippen LogP contribution in [-0.4, -0.2) is 11.2 Å². The number of hydrogen-bond acceptors (Lipinski definition) is 3. The molecule has 70 valence electrons. The molecule has 0 atom stereocenters. The van der Waals surface area contributed by atoms with E-state index in [1.807, 2.05) is 6.92 Å². The summed E-state index contributed by atoms with van der Waals surface area (Å²) in [5, 5.41) is 10.1. The quantitative estimate of drug-likeness (QED) is 0.214. The highest BCUT2D eigenvalue weighted by molar-refractivity contribution is 5.77. The lowest BCUT2D eigenvalue weighted by molar-refractivity contribution is -0.418. The summed E-state index contributed by atoms with van der Waals surface area (Å²) in [7, 11) is 0. The number of aldehydes is 1. The first-order chi connectivity index (χ1) is 6.11. The molecule has 0 N–H and O–H groups in total. The lowest BCUT2D eigenvalue weighted by Gasteiger charge is -1.88. The molecule has 0 aliphatic heterocycles. The van der Waals surface area contributed by atoms with Gasteiger partial charge in [-0.1, -0.05) is 13.0 Å². The summed E-state index contributed by atoms with van der Waals surface area (Å²) in [5.41, 5.74) is 0.189. The average Bonchev–Trinajstić information content (AvgIpc) is 2.11. The van der Waals surface area contributed by atoms with E-state index in [9.17, 15) is 14.9 Å². The van der Waals surface area contributed by atoms with E-state index >= 15 is 0 Å². The molecule has 0 aliphatic carbocycles. The van der Waals surface area contributed by atoms with Crippen LogP contribution in [0.15, 0.2) is 36.1 Å². The number of carbonyl (C=O) groups is 1. The molecule has 0 rings (SSSR count). The third-order valence-electron chi connectivity index (χ3n) is 1.28. The van der Waals surface area contributed by atoms with Crippen LogP contribution in [0.2, 0.25) is 0 Å². The molecule has 0 spiro atoms. The molecule has 0 heterocycles. The summed E-state index contributed by atoms with van der Waals surface area (Å²) in [4.78, 5) is 19.9. The Balaban J connectivity index is 4.40. The molecule has 4 heteroatoms. The largest absolute Gasteiger partial charge is 0.298 e. The normalized spacial score (nSPS) is 11.6. The minimum atomic E-state index is -0.606. The summed E-state index contributed by atoms with van der Waals surface area (Å²) < 4.78 is 0. The maximum Gasteiger partial charge on any atom is 0.262 e. The summed E-state index contributed by atoms with van der Waals surface area (Å²) in [6.45, 7) is 5.07. The zero-order valence-corrected chi connectivity index (χ0v) is 7.40. The third-order valence-corrected chi connectivity index (χ3v) is 1.28. The van der Waals surface area contributed by atoms with Gasteiger partial charge in [-0.3, -0.25) is 14.9 Å². The first-order valence-corrected chi connectivity index (χ1v) is 3.78. The van der Waals surface area contributed by atoms with E-state index in [4.69, 9.17) is 0 Å². The summed E-state index contributed by atoms with van der Waals surface area (Å²) in [5.74, 6) is 0. The van der Waals surface area contributed by atoms with Gasteiger partial charge >= 0.3 is 0 Å². The van der Waals surface area contributed by atoms with E-state index in [1.54, 1.807) is 6.08 Å². The van der Waals surface area contributed by atoms with E-state index in [-0.39, 0.29) is 5.70 Å². The van der Waals surface area contributed by atoms with Crippen LogP contribution in [0.3, 0.4) is 0 Å². The zero-order chi connectivity index (χ0) is 10.3. The average molecular weight is 181 g/mol. The summed E-state index contributed by atoms with van der Waals surface area (Å²) >= 11 is 0. The number of hydrogen-bond donors (Lipinski definition) is 0. The fraction of sp³-hybridized carbons (Fsp3) is 0.222. The zero-order valence-electron chi connectivity index (χ0n) is 7.40. The van der Waals surface area contributed by atoms with Crippen LogP contribution in [0, 0.1) is 10.1 Å². The molecule has 0 radical (unpaired) electrons. The molecule has 0 aromatic carbocycles. The highest BCUT2D eigenvalue weighted by atomic mass is 16.6. The van der Waals surface area contributed by atoms with Crippen LogP contribution in [0.25, 0.3) is 0 Å². The monoisotopic (exact) mass is 181 g/mol. The van der Waals surface area contributed by atoms with Gasteiger partial charge in [0.1, 0.15) is 6.29 Å². The molecule has 0 amide bonds. The molecule has 0 saturated heterocycles. The SMILES string of the molecule is C=C(/C=C\C(C=O)=C/CC)[N+](=O)[O-]. The Morgan fingerprint density at radius 1 is 1.54 bits per heavy atom. The van der Waals surface area contributed by atoms with Crippen molar-refractivity contribution in [3.05, 3.63) is 46.2 Å². The molecule has 0 aromatic rings. The van der Waals surface area contributed by atoms with Crippen molar-refractivity contribution in [1.29, 1.82) is 0 Å². The minimum Gasteiger partial charge on any atom is -0.298 e. The van der Waals surface area contributed by atoms with Crippen LogP contribution in [0.5, 0.6) is 0 Å². The van der Waals surface area contributed by atoms with Gasteiger partial charge in [-0.05, 0) is 19.1 Å². The van der Waals surface area contributed by atoms with E-state index < -0.39 is 4.92 Å². The predicted molar refractivity (Wildman–Crippen MR) is 49.7 cm³/mol. The van der Waals surface area contributed by atoms with Crippen molar-refractivity contribution in [2.24, 2.45) is 0 Å². The number of nitro groups is 1. The van der Waals surface area contributed by atoms with Crippen LogP contribution >= 0.6 is 0 Å². The van der Waals surface area contributed by atoms with E-state index in [0.717, 1.165) is 0 Å². The Morgan fingerprint density at radius 3 is 2.54 bits per heavy atom. The molecule has 0 fully saturated rings. The maximum absolute atomic E-state index is 10.4. The maximum atomic E-state index is 10.4. The molecule has 0 aromatic heterocycles. The second-order valence-electron chi connectivity index (χ2n) is 2.31. The molecular weight excluding hydrogens is 170 g/mol. The Kier molecular flexibility index (Phi) is 5.11. The van der Waals surface area contributed by atoms with E-state index in [1.165, 1.54) is 12.2 Å². The highest BCUT2D eigenvalue weighted by Gasteiger charge is 1.99. The molecule has 0 bridgehead atoms. The molecule has 13 heavy (non-hydrogen) atoms. The number of rotatable bonds is 5. The lowest BCUT2D eigenvalue weighted by Crippen LogP contribution is -1.92. The molecule has 0 unspecified atom stereocenters.